The van der Waals surface area contributed by atoms with Crippen molar-refractivity contribution in [2.24, 2.45) is 0 Å². The zero-order valence-corrected chi connectivity index (χ0v) is 40.0. The lowest BCUT2D eigenvalue weighted by molar-refractivity contribution is -0.117. The number of rotatable bonds is 14. The second-order valence-corrected chi connectivity index (χ2v) is 18.2. The van der Waals surface area contributed by atoms with Gasteiger partial charge in [-0.2, -0.15) is 0 Å². The van der Waals surface area contributed by atoms with E-state index in [2.05, 4.69) is 36.4 Å². The van der Waals surface area contributed by atoms with E-state index in [9.17, 15) is 38.4 Å². The van der Waals surface area contributed by atoms with Gasteiger partial charge in [0.2, 0.25) is 23.6 Å². The molecule has 5 aliphatic rings. The minimum absolute atomic E-state index is 0.115. The quantitative estimate of drug-likeness (QED) is 0.0687. The van der Waals surface area contributed by atoms with Crippen molar-refractivity contribution in [2.45, 2.75) is 64.2 Å². The van der Waals surface area contributed by atoms with Crippen molar-refractivity contribution < 1.29 is 38.4 Å². The zero-order valence-electron chi connectivity index (χ0n) is 38.5. The molecule has 15 nitrogen and oxygen atoms in total. The lowest BCUT2D eigenvalue weighted by atomic mass is 9.83. The molecule has 0 unspecified atom stereocenters. The Labute approximate surface area is 411 Å². The summed E-state index contributed by atoms with van der Waals surface area (Å²) >= 11 is 11.1. The molecule has 4 aromatic rings. The number of alkyl halides is 2. The normalized spacial score (nSPS) is 15.9. The van der Waals surface area contributed by atoms with Gasteiger partial charge < -0.3 is 36.4 Å². The van der Waals surface area contributed by atoms with Crippen LogP contribution in [0.4, 0.5) is 22.7 Å². The molecule has 0 radical (unpaired) electrons. The van der Waals surface area contributed by atoms with E-state index in [0.717, 1.165) is 26.2 Å². The molecule has 69 heavy (non-hydrogen) atoms. The summed E-state index contributed by atoms with van der Waals surface area (Å²) in [6.45, 7) is 8.06. The van der Waals surface area contributed by atoms with E-state index in [1.54, 1.807) is 48.5 Å². The number of benzene rings is 4. The minimum Gasteiger partial charge on any atom is -0.326 e. The number of likely N-dealkylation sites (tertiary alicyclic amines) is 2. The molecule has 3 saturated heterocycles. The molecule has 362 valence electrons. The molecule has 5 N–H and O–H groups in total. The van der Waals surface area contributed by atoms with Gasteiger partial charge in [0.05, 0.1) is 0 Å². The Balaban J connectivity index is 0.000000190. The van der Waals surface area contributed by atoms with Crippen LogP contribution in [0, 0.1) is 0 Å². The summed E-state index contributed by atoms with van der Waals surface area (Å²) in [5.74, 6) is -1.61. The first-order chi connectivity index (χ1) is 33.4. The first-order valence-electron chi connectivity index (χ1n) is 23.6. The number of carbonyl (C=O) groups excluding carboxylic acids is 8. The largest absolute Gasteiger partial charge is 0.326 e. The highest BCUT2D eigenvalue weighted by atomic mass is 35.5. The molecule has 0 bridgehead atoms. The number of hydrogen-bond donors (Lipinski definition) is 5. The van der Waals surface area contributed by atoms with Crippen molar-refractivity contribution in [3.63, 3.8) is 0 Å². The summed E-state index contributed by atoms with van der Waals surface area (Å²) in [5.41, 5.74) is 3.93. The fourth-order valence-electron chi connectivity index (χ4n) is 8.83. The third kappa shape index (κ3) is 13.4. The fourth-order valence-corrected chi connectivity index (χ4v) is 9.18. The molecule has 9 rings (SSSR count). The molecule has 0 aromatic heterocycles. The van der Waals surface area contributed by atoms with E-state index in [-0.39, 0.29) is 105 Å². The van der Waals surface area contributed by atoms with Crippen molar-refractivity contribution in [3.8, 4) is 0 Å². The molecule has 3 fully saturated rings. The number of nitrogens with zero attached hydrogens (tertiary/aromatic N) is 2. The van der Waals surface area contributed by atoms with E-state index in [4.69, 9.17) is 23.2 Å². The molecule has 0 spiro atoms. The van der Waals surface area contributed by atoms with Gasteiger partial charge in [-0.3, -0.25) is 38.4 Å². The maximum Gasteiger partial charge on any atom is 0.225 e. The Morgan fingerprint density at radius 2 is 0.681 bits per heavy atom. The van der Waals surface area contributed by atoms with Gasteiger partial charge in [0.25, 0.3) is 0 Å². The Kier molecular flexibility index (Phi) is 18.0. The van der Waals surface area contributed by atoms with Gasteiger partial charge in [-0.05, 0) is 151 Å². The van der Waals surface area contributed by atoms with Crippen molar-refractivity contribution >= 4 is 92.7 Å². The maximum atomic E-state index is 13.3. The maximum absolute atomic E-state index is 13.3. The number of amides is 4. The summed E-state index contributed by atoms with van der Waals surface area (Å²) in [4.78, 5) is 105. The minimum atomic E-state index is -0.355. The Morgan fingerprint density at radius 1 is 0.406 bits per heavy atom. The Morgan fingerprint density at radius 3 is 0.942 bits per heavy atom. The van der Waals surface area contributed by atoms with Crippen LogP contribution in [-0.4, -0.2) is 121 Å². The third-order valence-corrected chi connectivity index (χ3v) is 12.9. The molecule has 3 heterocycles. The van der Waals surface area contributed by atoms with Crippen LogP contribution in [0.25, 0.3) is 0 Å². The average Bonchev–Trinajstić information content (AvgIpc) is 4.19. The lowest BCUT2D eigenvalue weighted by Crippen LogP contribution is -2.26. The van der Waals surface area contributed by atoms with Crippen LogP contribution in [-0.2, 0) is 19.2 Å². The van der Waals surface area contributed by atoms with Crippen molar-refractivity contribution in [1.82, 2.24) is 15.1 Å². The van der Waals surface area contributed by atoms with E-state index in [1.165, 1.54) is 75.9 Å². The molecule has 3 aliphatic heterocycles. The highest BCUT2D eigenvalue weighted by molar-refractivity contribution is 6.30. The lowest BCUT2D eigenvalue weighted by Gasteiger charge is -2.20. The smallest absolute Gasteiger partial charge is 0.225 e. The number of anilines is 4. The van der Waals surface area contributed by atoms with Gasteiger partial charge in [0, 0.05) is 118 Å². The predicted molar refractivity (Wildman–Crippen MR) is 267 cm³/mol. The average molecular weight is 979 g/mol. The second kappa shape index (κ2) is 24.4. The second-order valence-electron chi connectivity index (χ2n) is 17.5. The zero-order chi connectivity index (χ0) is 48.9. The molecule has 0 saturated carbocycles. The summed E-state index contributed by atoms with van der Waals surface area (Å²) in [6.07, 6.45) is 8.52. The Hall–Kier alpha value is -6.10. The van der Waals surface area contributed by atoms with Crippen LogP contribution < -0.4 is 26.6 Å². The number of fused-ring (bicyclic) bond motifs is 4. The molecule has 4 aromatic carbocycles. The van der Waals surface area contributed by atoms with Gasteiger partial charge in [0.15, 0.2) is 23.1 Å². The molecule has 2 aliphatic carbocycles. The number of ketones is 4. The highest BCUT2D eigenvalue weighted by Crippen LogP contribution is 2.33. The summed E-state index contributed by atoms with van der Waals surface area (Å²) < 4.78 is 0. The molecular weight excluding hydrogens is 922 g/mol. The fraction of sp³-hybridized carbons (Fsp3) is 0.385. The van der Waals surface area contributed by atoms with Crippen LogP contribution in [0.1, 0.15) is 128 Å². The van der Waals surface area contributed by atoms with Crippen molar-refractivity contribution in [2.75, 3.05) is 85.4 Å². The molecule has 0 atom stereocenters. The predicted octanol–water partition coefficient (Wildman–Crippen LogP) is 7.28. The standard InChI is InChI=1S/C28H32N4O4.C20H16Cl2N2O4.C4H9N/c33-25(9-15-31-11-1-2-12-31)29-19-5-7-21-23(17-19)28(36)24-18-20(6-8-22(24)27(21)35)30-26(34)10-16-32-13-3-4-14-32;21-7-5-17(25)23-11-1-3-13-15(9-11)20(28)16-10-12(24-18(26)6-8-22)2-4-14(16)19(13)27;1-2-4-5-3-1/h5-8,17-18H,1-4,9-16H2,(H,29,33)(H,30,34);1-4,9-10H,5-8H2,(H,23,25)(H,24,26);5H,1-4H2. The van der Waals surface area contributed by atoms with Gasteiger partial charge in [-0.15, -0.1) is 23.2 Å². The van der Waals surface area contributed by atoms with Crippen LogP contribution in [0.2, 0.25) is 0 Å². The summed E-state index contributed by atoms with van der Waals surface area (Å²) in [5, 5.41) is 14.2. The number of carbonyl (C=O) groups is 8. The van der Waals surface area contributed by atoms with Crippen LogP contribution in [0.15, 0.2) is 72.8 Å². The monoisotopic (exact) mass is 977 g/mol. The molecule has 4 amide bonds. The first-order valence-corrected chi connectivity index (χ1v) is 24.7. The van der Waals surface area contributed by atoms with E-state index in [0.29, 0.717) is 59.8 Å². The summed E-state index contributed by atoms with van der Waals surface area (Å²) in [6, 6.07) is 18.8. The van der Waals surface area contributed by atoms with E-state index < -0.39 is 0 Å². The van der Waals surface area contributed by atoms with Crippen LogP contribution in [0.3, 0.4) is 0 Å². The van der Waals surface area contributed by atoms with Crippen molar-refractivity contribution in [1.29, 1.82) is 0 Å². The van der Waals surface area contributed by atoms with E-state index >= 15 is 0 Å². The summed E-state index contributed by atoms with van der Waals surface area (Å²) in [7, 11) is 0. The topological polar surface area (TPSA) is 203 Å². The SMILES string of the molecule is C1CCNC1.O=C(CCCl)Nc1ccc2c(c1)C(=O)c1cc(NC(=O)CCCl)ccc1C2=O.O=C(CCN1CCCC1)Nc1ccc2c(c1)C(=O)c1cc(NC(=O)CCN3CCCC3)ccc1C2=O. The van der Waals surface area contributed by atoms with Crippen molar-refractivity contribution in [3.05, 3.63) is 117 Å². The number of hydrogen-bond acceptors (Lipinski definition) is 11. The van der Waals surface area contributed by atoms with Crippen LogP contribution in [0.5, 0.6) is 0 Å². The first kappa shape index (κ1) is 50.8. The van der Waals surface area contributed by atoms with Gasteiger partial charge in [-0.25, -0.2) is 0 Å². The molecule has 17 heteroatoms. The van der Waals surface area contributed by atoms with Gasteiger partial charge >= 0.3 is 0 Å². The van der Waals surface area contributed by atoms with E-state index in [1.807, 2.05) is 0 Å². The van der Waals surface area contributed by atoms with Gasteiger partial charge in [-0.1, -0.05) is 0 Å². The molecular formula is C52H57Cl2N7O8. The van der Waals surface area contributed by atoms with Gasteiger partial charge in [0.1, 0.15) is 0 Å². The Bertz CT molecular complexity index is 2450. The van der Waals surface area contributed by atoms with Crippen LogP contribution >= 0.6 is 23.2 Å². The number of halogens is 2. The third-order valence-electron chi connectivity index (χ3n) is 12.5. The number of nitrogens with one attached hydrogen (secondary N) is 5. The highest BCUT2D eigenvalue weighted by Gasteiger charge is 2.32.